The fourth-order valence-electron chi connectivity index (χ4n) is 4.64. The lowest BCUT2D eigenvalue weighted by Crippen LogP contribution is -2.47. The number of carbonyl (C=O) groups is 1. The van der Waals surface area contributed by atoms with Crippen LogP contribution in [0.15, 0.2) is 29.3 Å². The predicted molar refractivity (Wildman–Crippen MR) is 123 cm³/mol. The van der Waals surface area contributed by atoms with Crippen LogP contribution in [0.2, 0.25) is 0 Å². The molecule has 1 aromatic carbocycles. The van der Waals surface area contributed by atoms with Crippen molar-refractivity contribution in [1.29, 1.82) is 0 Å². The Morgan fingerprint density at radius 3 is 2.83 bits per heavy atom. The molecule has 0 bridgehead atoms. The fourth-order valence-corrected chi connectivity index (χ4v) is 4.64. The molecule has 166 valence electrons. The number of carbonyl (C=O) groups excluding carboxylic acids is 1. The summed E-state index contributed by atoms with van der Waals surface area (Å²) in [7, 11) is 1.79. The van der Waals surface area contributed by atoms with Crippen molar-refractivity contribution in [2.45, 2.75) is 59.0 Å². The van der Waals surface area contributed by atoms with E-state index in [4.69, 9.17) is 4.74 Å². The summed E-state index contributed by atoms with van der Waals surface area (Å²) < 4.78 is 6.08. The normalized spacial score (nSPS) is 22.0. The number of hydrogen-bond donors (Lipinski definition) is 2. The predicted octanol–water partition coefficient (Wildman–Crippen LogP) is 3.36. The largest absolute Gasteiger partial charge is 0.377 e. The summed E-state index contributed by atoms with van der Waals surface area (Å²) in [6.45, 7) is 9.99. The molecule has 30 heavy (non-hydrogen) atoms. The smallest absolute Gasteiger partial charge is 0.227 e. The Bertz CT molecular complexity index is 741. The van der Waals surface area contributed by atoms with Gasteiger partial charge in [0, 0.05) is 51.3 Å². The summed E-state index contributed by atoms with van der Waals surface area (Å²) in [5.41, 5.74) is 2.49. The summed E-state index contributed by atoms with van der Waals surface area (Å²) in [6, 6.07) is 8.20. The highest BCUT2D eigenvalue weighted by Gasteiger charge is 2.35. The molecule has 2 unspecified atom stereocenters. The molecule has 0 saturated carbocycles. The van der Waals surface area contributed by atoms with Crippen LogP contribution in [0.5, 0.6) is 0 Å². The van der Waals surface area contributed by atoms with Gasteiger partial charge in [-0.15, -0.1) is 0 Å². The van der Waals surface area contributed by atoms with Crippen molar-refractivity contribution >= 4 is 17.6 Å². The third-order valence-corrected chi connectivity index (χ3v) is 6.10. The second kappa shape index (κ2) is 10.3. The summed E-state index contributed by atoms with van der Waals surface area (Å²) in [5.74, 6) is 1.48. The molecule has 0 aromatic heterocycles. The minimum absolute atomic E-state index is 0.137. The minimum Gasteiger partial charge on any atom is -0.377 e. The van der Waals surface area contributed by atoms with Crippen molar-refractivity contribution in [3.8, 4) is 0 Å². The average molecular weight is 415 g/mol. The molecule has 1 amide bonds. The number of anilines is 1. The second-order valence-corrected chi connectivity index (χ2v) is 9.47. The Kier molecular flexibility index (Phi) is 7.75. The topological polar surface area (TPSA) is 66.0 Å². The average Bonchev–Trinajstić information content (AvgIpc) is 3.17. The number of hydrogen-bond acceptors (Lipinski definition) is 3. The molecular weight excluding hydrogens is 376 g/mol. The first-order valence-electron chi connectivity index (χ1n) is 11.3. The molecule has 6 nitrogen and oxygen atoms in total. The molecule has 3 rings (SSSR count). The van der Waals surface area contributed by atoms with Gasteiger partial charge in [-0.1, -0.05) is 39.0 Å². The van der Waals surface area contributed by atoms with E-state index in [1.165, 1.54) is 12.0 Å². The number of ether oxygens (including phenoxy) is 1. The number of aliphatic imine (C=N–C) groups is 1. The number of rotatable bonds is 6. The van der Waals surface area contributed by atoms with Crippen molar-refractivity contribution in [3.63, 3.8) is 0 Å². The Labute approximate surface area is 181 Å². The van der Waals surface area contributed by atoms with E-state index in [9.17, 15) is 4.79 Å². The maximum absolute atomic E-state index is 12.6. The lowest BCUT2D eigenvalue weighted by atomic mass is 9.78. The van der Waals surface area contributed by atoms with Crippen LogP contribution < -0.4 is 15.5 Å². The zero-order valence-corrected chi connectivity index (χ0v) is 19.0. The Hall–Kier alpha value is -2.08. The first kappa shape index (κ1) is 22.6. The standard InChI is InChI=1S/C24H38N4O2/c1-24(2,3)22-19(10-8-16-30-22)17-27-23(25-4)26-14-7-12-21(29)28-15-13-18-9-5-6-11-20(18)28/h5-6,9,11,19,22H,7-8,10,12-17H2,1-4H3,(H2,25,26,27). The maximum Gasteiger partial charge on any atom is 0.227 e. The van der Waals surface area contributed by atoms with Crippen LogP contribution in [0, 0.1) is 11.3 Å². The van der Waals surface area contributed by atoms with E-state index < -0.39 is 0 Å². The molecule has 1 fully saturated rings. The van der Waals surface area contributed by atoms with E-state index in [2.05, 4.69) is 42.5 Å². The van der Waals surface area contributed by atoms with Gasteiger partial charge in [-0.05, 0) is 42.7 Å². The highest BCUT2D eigenvalue weighted by molar-refractivity contribution is 5.95. The first-order chi connectivity index (χ1) is 14.4. The fraction of sp³-hybridized carbons (Fsp3) is 0.667. The Morgan fingerprint density at radius 2 is 2.07 bits per heavy atom. The van der Waals surface area contributed by atoms with Crippen LogP contribution in [0.4, 0.5) is 5.69 Å². The van der Waals surface area contributed by atoms with Crippen LogP contribution in [0.25, 0.3) is 0 Å². The van der Waals surface area contributed by atoms with Gasteiger partial charge < -0.3 is 20.3 Å². The third kappa shape index (κ3) is 5.75. The van der Waals surface area contributed by atoms with Crippen molar-refractivity contribution < 1.29 is 9.53 Å². The SMILES string of the molecule is CN=C(NCCCC(=O)N1CCc2ccccc21)NCC1CCCOC1C(C)(C)C. The number of para-hydroxylation sites is 1. The van der Waals surface area contributed by atoms with E-state index in [1.54, 1.807) is 7.05 Å². The van der Waals surface area contributed by atoms with Crippen LogP contribution in [0.1, 0.15) is 52.0 Å². The van der Waals surface area contributed by atoms with Gasteiger partial charge in [-0.25, -0.2) is 0 Å². The molecule has 6 heteroatoms. The maximum atomic E-state index is 12.6. The van der Waals surface area contributed by atoms with Crippen molar-refractivity contribution in [3.05, 3.63) is 29.8 Å². The van der Waals surface area contributed by atoms with Crippen molar-refractivity contribution in [2.24, 2.45) is 16.3 Å². The number of amides is 1. The van der Waals surface area contributed by atoms with Gasteiger partial charge in [0.25, 0.3) is 0 Å². The van der Waals surface area contributed by atoms with Gasteiger partial charge >= 0.3 is 0 Å². The molecule has 2 heterocycles. The van der Waals surface area contributed by atoms with Gasteiger partial charge in [-0.2, -0.15) is 0 Å². The zero-order chi connectivity index (χ0) is 21.6. The number of benzene rings is 1. The van der Waals surface area contributed by atoms with E-state index in [1.807, 2.05) is 23.1 Å². The van der Waals surface area contributed by atoms with Crippen LogP contribution in [-0.4, -0.2) is 51.3 Å². The first-order valence-corrected chi connectivity index (χ1v) is 11.3. The summed E-state index contributed by atoms with van der Waals surface area (Å²) in [6.07, 6.45) is 4.84. The van der Waals surface area contributed by atoms with Crippen LogP contribution in [-0.2, 0) is 16.0 Å². The van der Waals surface area contributed by atoms with Crippen molar-refractivity contribution in [1.82, 2.24) is 10.6 Å². The molecule has 1 saturated heterocycles. The molecule has 2 atom stereocenters. The number of nitrogens with one attached hydrogen (secondary N) is 2. The number of guanidine groups is 1. The van der Waals surface area contributed by atoms with Gasteiger partial charge in [0.2, 0.25) is 5.91 Å². The molecule has 0 aliphatic carbocycles. The summed E-state index contributed by atoms with van der Waals surface area (Å²) >= 11 is 0. The molecule has 2 aliphatic heterocycles. The van der Waals surface area contributed by atoms with Gasteiger partial charge in [0.05, 0.1) is 6.10 Å². The van der Waals surface area contributed by atoms with E-state index >= 15 is 0 Å². The zero-order valence-electron chi connectivity index (χ0n) is 19.0. The van der Waals surface area contributed by atoms with Gasteiger partial charge in [0.1, 0.15) is 0 Å². The van der Waals surface area contributed by atoms with Gasteiger partial charge in [0.15, 0.2) is 5.96 Å². The number of fused-ring (bicyclic) bond motifs is 1. The number of nitrogens with zero attached hydrogens (tertiary/aromatic N) is 2. The van der Waals surface area contributed by atoms with E-state index in [-0.39, 0.29) is 17.4 Å². The molecule has 1 aromatic rings. The molecule has 0 spiro atoms. The van der Waals surface area contributed by atoms with Crippen LogP contribution >= 0.6 is 0 Å². The Balaban J connectivity index is 1.39. The highest BCUT2D eigenvalue weighted by Crippen LogP contribution is 2.33. The molecule has 2 aliphatic rings. The van der Waals surface area contributed by atoms with E-state index in [0.29, 0.717) is 12.3 Å². The molecule has 2 N–H and O–H groups in total. The van der Waals surface area contributed by atoms with Crippen LogP contribution in [0.3, 0.4) is 0 Å². The summed E-state index contributed by atoms with van der Waals surface area (Å²) in [5, 5.41) is 6.82. The minimum atomic E-state index is 0.137. The summed E-state index contributed by atoms with van der Waals surface area (Å²) in [4.78, 5) is 18.9. The van der Waals surface area contributed by atoms with Crippen molar-refractivity contribution in [2.75, 3.05) is 38.2 Å². The van der Waals surface area contributed by atoms with Gasteiger partial charge in [-0.3, -0.25) is 9.79 Å². The lowest BCUT2D eigenvalue weighted by Gasteiger charge is -2.40. The monoisotopic (exact) mass is 414 g/mol. The quantitative estimate of drug-likeness (QED) is 0.426. The Morgan fingerprint density at radius 1 is 1.27 bits per heavy atom. The molecule has 0 radical (unpaired) electrons. The van der Waals surface area contributed by atoms with E-state index in [0.717, 1.165) is 57.2 Å². The third-order valence-electron chi connectivity index (χ3n) is 6.10. The second-order valence-electron chi connectivity index (χ2n) is 9.47. The lowest BCUT2D eigenvalue weighted by molar-refractivity contribution is -0.118. The highest BCUT2D eigenvalue weighted by atomic mass is 16.5. The molecular formula is C24H38N4O2.